The first kappa shape index (κ1) is 22.8. The molecule has 3 aromatic rings. The minimum Gasteiger partial charge on any atom is -0.493 e. The van der Waals surface area contributed by atoms with Crippen LogP contribution >= 0.6 is 11.3 Å². The topological polar surface area (TPSA) is 92.7 Å². The largest absolute Gasteiger partial charge is 0.493 e. The summed E-state index contributed by atoms with van der Waals surface area (Å²) in [4.78, 5) is 11.7. The second kappa shape index (κ2) is 9.53. The van der Waals surface area contributed by atoms with Crippen LogP contribution in [-0.4, -0.2) is 31.4 Å². The molecule has 0 fully saturated rings. The summed E-state index contributed by atoms with van der Waals surface area (Å²) >= 11 is 1.45. The molecule has 0 bridgehead atoms. The zero-order valence-electron chi connectivity index (χ0n) is 17.6. The molecular formula is C23H25NO5S2. The van der Waals surface area contributed by atoms with Crippen molar-refractivity contribution < 1.29 is 23.1 Å². The van der Waals surface area contributed by atoms with E-state index in [1.54, 1.807) is 32.0 Å². The van der Waals surface area contributed by atoms with Crippen LogP contribution in [0.3, 0.4) is 0 Å². The van der Waals surface area contributed by atoms with E-state index in [1.807, 2.05) is 42.6 Å². The van der Waals surface area contributed by atoms with Crippen molar-refractivity contribution >= 4 is 33.0 Å². The molecule has 1 heterocycles. The van der Waals surface area contributed by atoms with E-state index in [2.05, 4.69) is 4.72 Å². The third-order valence-corrected chi connectivity index (χ3v) is 7.41. The minimum atomic E-state index is -3.45. The Hall–Kier alpha value is -2.84. The number of aliphatic carboxylic acids is 1. The molecule has 0 saturated heterocycles. The molecule has 0 unspecified atom stereocenters. The highest BCUT2D eigenvalue weighted by molar-refractivity contribution is 7.93. The van der Waals surface area contributed by atoms with Crippen molar-refractivity contribution in [2.24, 2.45) is 0 Å². The Balaban J connectivity index is 1.97. The molecule has 0 saturated carbocycles. The molecule has 8 heteroatoms. The number of hydrogen-bond acceptors (Lipinski definition) is 5. The van der Waals surface area contributed by atoms with Gasteiger partial charge in [0.15, 0.2) is 0 Å². The molecule has 3 rings (SSSR count). The number of nitrogens with one attached hydrogen (secondary N) is 1. The van der Waals surface area contributed by atoms with Gasteiger partial charge in [0, 0.05) is 5.56 Å². The highest BCUT2D eigenvalue weighted by Gasteiger charge is 2.19. The monoisotopic (exact) mass is 459 g/mol. The van der Waals surface area contributed by atoms with E-state index in [4.69, 9.17) is 9.84 Å². The van der Waals surface area contributed by atoms with Gasteiger partial charge in [0.05, 0.1) is 28.8 Å². The standard InChI is InChI=1S/C23H25NO5S2/c1-4-29-21-14-18(23-20(11-12-30-23)24-31(27,28)15(2)3)9-10-19(21)17-7-5-16(6-8-17)13-22(25)26/h5-12,14-15,24H,4,13H2,1-3H3,(H,25,26). The van der Waals surface area contributed by atoms with Gasteiger partial charge >= 0.3 is 5.97 Å². The fourth-order valence-electron chi connectivity index (χ4n) is 3.04. The molecule has 0 aliphatic heterocycles. The fourth-order valence-corrected chi connectivity index (χ4v) is 4.66. The lowest BCUT2D eigenvalue weighted by atomic mass is 10.00. The molecule has 0 radical (unpaired) electrons. The van der Waals surface area contributed by atoms with Crippen molar-refractivity contribution in [2.45, 2.75) is 32.4 Å². The van der Waals surface area contributed by atoms with Gasteiger partial charge in [0.2, 0.25) is 10.0 Å². The predicted molar refractivity (Wildman–Crippen MR) is 125 cm³/mol. The van der Waals surface area contributed by atoms with Gasteiger partial charge in [-0.25, -0.2) is 8.42 Å². The Labute approximate surface area is 186 Å². The zero-order valence-corrected chi connectivity index (χ0v) is 19.2. The number of sulfonamides is 1. The summed E-state index contributed by atoms with van der Waals surface area (Å²) in [6, 6.07) is 14.9. The van der Waals surface area contributed by atoms with Gasteiger partial charge in [-0.1, -0.05) is 36.4 Å². The number of rotatable bonds is 9. The second-order valence-corrected chi connectivity index (χ2v) is 10.4. The average Bonchev–Trinajstić information content (AvgIpc) is 3.16. The first-order chi connectivity index (χ1) is 14.7. The van der Waals surface area contributed by atoms with Crippen LogP contribution in [0.2, 0.25) is 0 Å². The van der Waals surface area contributed by atoms with Crippen LogP contribution in [0, 0.1) is 0 Å². The van der Waals surface area contributed by atoms with E-state index in [1.165, 1.54) is 11.3 Å². The quantitative estimate of drug-likeness (QED) is 0.455. The number of carbonyl (C=O) groups is 1. The van der Waals surface area contributed by atoms with E-state index in [0.29, 0.717) is 18.0 Å². The Morgan fingerprint density at radius 1 is 1.10 bits per heavy atom. The molecule has 2 aromatic carbocycles. The third kappa shape index (κ3) is 5.45. The molecular weight excluding hydrogens is 434 g/mol. The van der Waals surface area contributed by atoms with Crippen LogP contribution in [-0.2, 0) is 21.2 Å². The number of ether oxygens (including phenoxy) is 1. The maximum Gasteiger partial charge on any atom is 0.307 e. The van der Waals surface area contributed by atoms with Crippen molar-refractivity contribution in [3.05, 3.63) is 59.5 Å². The van der Waals surface area contributed by atoms with Crippen LogP contribution in [0.1, 0.15) is 26.3 Å². The normalized spacial score (nSPS) is 11.5. The Morgan fingerprint density at radius 3 is 2.39 bits per heavy atom. The smallest absolute Gasteiger partial charge is 0.307 e. The Bertz CT molecular complexity index is 1160. The van der Waals surface area contributed by atoms with Gasteiger partial charge in [-0.2, -0.15) is 0 Å². The van der Waals surface area contributed by atoms with Gasteiger partial charge in [0.1, 0.15) is 5.75 Å². The molecule has 0 amide bonds. The molecule has 1 aromatic heterocycles. The zero-order chi connectivity index (χ0) is 22.6. The number of thiophene rings is 1. The fraction of sp³-hybridized carbons (Fsp3) is 0.261. The Kier molecular flexibility index (Phi) is 7.02. The predicted octanol–water partition coefficient (Wildman–Crippen LogP) is 5.26. The molecule has 0 aliphatic rings. The first-order valence-electron chi connectivity index (χ1n) is 9.88. The Morgan fingerprint density at radius 2 is 1.77 bits per heavy atom. The van der Waals surface area contributed by atoms with E-state index in [-0.39, 0.29) is 6.42 Å². The molecule has 0 atom stereocenters. The summed E-state index contributed by atoms with van der Waals surface area (Å²) in [7, 11) is -3.45. The number of carboxylic acids is 1. The summed E-state index contributed by atoms with van der Waals surface area (Å²) in [5, 5.41) is 10.3. The highest BCUT2D eigenvalue weighted by atomic mass is 32.2. The van der Waals surface area contributed by atoms with E-state index in [0.717, 1.165) is 27.1 Å². The van der Waals surface area contributed by atoms with E-state index < -0.39 is 21.2 Å². The SMILES string of the molecule is CCOc1cc(-c2sccc2NS(=O)(=O)C(C)C)ccc1-c1ccc(CC(=O)O)cc1. The van der Waals surface area contributed by atoms with Crippen LogP contribution in [0.15, 0.2) is 53.9 Å². The third-order valence-electron chi connectivity index (χ3n) is 4.70. The van der Waals surface area contributed by atoms with Gasteiger partial charge in [-0.15, -0.1) is 11.3 Å². The lowest BCUT2D eigenvalue weighted by Gasteiger charge is -2.14. The van der Waals surface area contributed by atoms with Crippen molar-refractivity contribution in [2.75, 3.05) is 11.3 Å². The maximum atomic E-state index is 12.3. The number of hydrogen-bond donors (Lipinski definition) is 2. The number of carboxylic acid groups (broad SMARTS) is 1. The molecule has 164 valence electrons. The van der Waals surface area contributed by atoms with Crippen LogP contribution in [0.4, 0.5) is 5.69 Å². The van der Waals surface area contributed by atoms with Crippen LogP contribution in [0.25, 0.3) is 21.6 Å². The maximum absolute atomic E-state index is 12.3. The summed E-state index contributed by atoms with van der Waals surface area (Å²) in [6.07, 6.45) is -0.0228. The lowest BCUT2D eigenvalue weighted by Crippen LogP contribution is -2.22. The molecule has 31 heavy (non-hydrogen) atoms. The number of benzene rings is 2. The summed E-state index contributed by atoms with van der Waals surface area (Å²) < 4.78 is 33.2. The lowest BCUT2D eigenvalue weighted by molar-refractivity contribution is -0.136. The summed E-state index contributed by atoms with van der Waals surface area (Å²) in [5.41, 5.74) is 3.92. The molecule has 6 nitrogen and oxygen atoms in total. The van der Waals surface area contributed by atoms with Crippen LogP contribution in [0.5, 0.6) is 5.75 Å². The van der Waals surface area contributed by atoms with Crippen LogP contribution < -0.4 is 9.46 Å². The molecule has 0 aliphatic carbocycles. The van der Waals surface area contributed by atoms with Crippen molar-refractivity contribution in [1.82, 2.24) is 0 Å². The van der Waals surface area contributed by atoms with Crippen molar-refractivity contribution in [1.29, 1.82) is 0 Å². The summed E-state index contributed by atoms with van der Waals surface area (Å²) in [5.74, 6) is -0.191. The van der Waals surface area contributed by atoms with E-state index in [9.17, 15) is 13.2 Å². The van der Waals surface area contributed by atoms with Crippen molar-refractivity contribution in [3.8, 4) is 27.3 Å². The first-order valence-corrected chi connectivity index (χ1v) is 12.3. The van der Waals surface area contributed by atoms with Gasteiger partial charge in [0.25, 0.3) is 0 Å². The molecule has 0 spiro atoms. The van der Waals surface area contributed by atoms with Crippen molar-refractivity contribution in [3.63, 3.8) is 0 Å². The van der Waals surface area contributed by atoms with Gasteiger partial charge in [-0.3, -0.25) is 9.52 Å². The minimum absolute atomic E-state index is 0.0228. The highest BCUT2D eigenvalue weighted by Crippen LogP contribution is 2.39. The van der Waals surface area contributed by atoms with Gasteiger partial charge in [-0.05, 0) is 55.0 Å². The second-order valence-electron chi connectivity index (χ2n) is 7.27. The van der Waals surface area contributed by atoms with Gasteiger partial charge < -0.3 is 9.84 Å². The van der Waals surface area contributed by atoms with E-state index >= 15 is 0 Å². The number of anilines is 1. The molecule has 2 N–H and O–H groups in total. The average molecular weight is 460 g/mol. The summed E-state index contributed by atoms with van der Waals surface area (Å²) in [6.45, 7) is 5.65.